The third-order valence-electron chi connectivity index (χ3n) is 3.70. The fraction of sp³-hybridized carbons (Fsp3) is 0.267. The predicted molar refractivity (Wildman–Crippen MR) is 78.6 cm³/mol. The molecule has 0 amide bonds. The van der Waals surface area contributed by atoms with Gasteiger partial charge in [-0.05, 0) is 17.7 Å². The van der Waals surface area contributed by atoms with Crippen molar-refractivity contribution in [3.05, 3.63) is 63.1 Å². The highest BCUT2D eigenvalue weighted by atomic mass is 19.4. The molecule has 0 spiro atoms. The molecule has 10 heteroatoms. The number of nitrogens with zero attached hydrogens (tertiary/aromatic N) is 3. The first kappa shape index (κ1) is 17.1. The van der Waals surface area contributed by atoms with Crippen molar-refractivity contribution >= 4 is 5.78 Å². The van der Waals surface area contributed by atoms with Crippen molar-refractivity contribution in [3.8, 4) is 0 Å². The molecular formula is C15H12F4N4O2. The van der Waals surface area contributed by atoms with Crippen molar-refractivity contribution in [3.63, 3.8) is 0 Å². The molecule has 0 aliphatic rings. The second kappa shape index (κ2) is 6.28. The Bertz CT molecular complexity index is 978. The standard InChI is InChI=1S/C15H12F4N4O2/c16-11-2-1-8(6-10(11)15(17,18)19)5-9-12(3-4-24)22-14-20-7-21-23(14)13(9)25/h1-2,6-7,24H,3-5H2,(H,20,21,22). The highest BCUT2D eigenvalue weighted by Gasteiger charge is 2.34. The van der Waals surface area contributed by atoms with Crippen LogP contribution in [0, 0.1) is 5.82 Å². The molecule has 2 N–H and O–H groups in total. The molecule has 3 rings (SSSR count). The molecule has 0 saturated heterocycles. The van der Waals surface area contributed by atoms with Crippen molar-refractivity contribution in [1.29, 1.82) is 0 Å². The average Bonchev–Trinajstić information content (AvgIpc) is 3.00. The summed E-state index contributed by atoms with van der Waals surface area (Å²) in [5.74, 6) is -1.22. The molecule has 0 radical (unpaired) electrons. The van der Waals surface area contributed by atoms with E-state index >= 15 is 0 Å². The van der Waals surface area contributed by atoms with Gasteiger partial charge in [0.25, 0.3) is 5.56 Å². The van der Waals surface area contributed by atoms with E-state index in [0.29, 0.717) is 17.8 Å². The van der Waals surface area contributed by atoms with E-state index in [1.165, 1.54) is 6.07 Å². The zero-order valence-electron chi connectivity index (χ0n) is 12.6. The minimum atomic E-state index is -4.84. The van der Waals surface area contributed by atoms with Gasteiger partial charge >= 0.3 is 6.18 Å². The number of benzene rings is 1. The molecule has 2 heterocycles. The largest absolute Gasteiger partial charge is 0.419 e. The van der Waals surface area contributed by atoms with Gasteiger partial charge in [0, 0.05) is 30.7 Å². The van der Waals surface area contributed by atoms with Crippen LogP contribution in [0.2, 0.25) is 0 Å². The van der Waals surface area contributed by atoms with Gasteiger partial charge in [-0.2, -0.15) is 27.8 Å². The van der Waals surface area contributed by atoms with Gasteiger partial charge in [0.15, 0.2) is 0 Å². The van der Waals surface area contributed by atoms with E-state index < -0.39 is 23.1 Å². The van der Waals surface area contributed by atoms with Gasteiger partial charge in [0.1, 0.15) is 12.1 Å². The van der Waals surface area contributed by atoms with Gasteiger partial charge in [-0.25, -0.2) is 4.39 Å². The molecule has 0 bridgehead atoms. The Balaban J connectivity index is 2.10. The van der Waals surface area contributed by atoms with Gasteiger partial charge in [-0.15, -0.1) is 0 Å². The number of aromatic nitrogens is 4. The molecule has 6 nitrogen and oxygen atoms in total. The number of fused-ring (bicyclic) bond motifs is 1. The minimum absolute atomic E-state index is 0.0846. The van der Waals surface area contributed by atoms with E-state index in [4.69, 9.17) is 5.11 Å². The number of rotatable bonds is 4. The van der Waals surface area contributed by atoms with Crippen LogP contribution in [0.5, 0.6) is 0 Å². The zero-order chi connectivity index (χ0) is 18.2. The molecule has 2 aromatic heterocycles. The maximum Gasteiger partial charge on any atom is 0.419 e. The summed E-state index contributed by atoms with van der Waals surface area (Å²) in [5.41, 5.74) is -1.38. The van der Waals surface area contributed by atoms with Crippen LogP contribution in [0.15, 0.2) is 29.3 Å². The lowest BCUT2D eigenvalue weighted by Crippen LogP contribution is -2.24. The zero-order valence-corrected chi connectivity index (χ0v) is 12.6. The molecule has 0 aliphatic carbocycles. The topological polar surface area (TPSA) is 83.3 Å². The van der Waals surface area contributed by atoms with Crippen molar-refractivity contribution in [2.45, 2.75) is 19.0 Å². The SMILES string of the molecule is O=c1c(Cc2ccc(F)c(C(F)(F)F)c2)c(CCO)[nH]c2ncnn12. The Morgan fingerprint density at radius 1 is 1.28 bits per heavy atom. The van der Waals surface area contributed by atoms with Crippen LogP contribution in [0.3, 0.4) is 0 Å². The van der Waals surface area contributed by atoms with Crippen molar-refractivity contribution in [2.75, 3.05) is 6.61 Å². The summed E-state index contributed by atoms with van der Waals surface area (Å²) >= 11 is 0. The van der Waals surface area contributed by atoms with E-state index in [2.05, 4.69) is 15.1 Å². The third-order valence-corrected chi connectivity index (χ3v) is 3.70. The van der Waals surface area contributed by atoms with Crippen LogP contribution in [-0.2, 0) is 19.0 Å². The van der Waals surface area contributed by atoms with Crippen LogP contribution in [0.4, 0.5) is 17.6 Å². The van der Waals surface area contributed by atoms with Crippen molar-refractivity contribution in [2.24, 2.45) is 0 Å². The number of hydrogen-bond acceptors (Lipinski definition) is 4. The van der Waals surface area contributed by atoms with E-state index in [1.54, 1.807) is 0 Å². The lowest BCUT2D eigenvalue weighted by atomic mass is 10.0. The van der Waals surface area contributed by atoms with E-state index in [9.17, 15) is 22.4 Å². The molecular weight excluding hydrogens is 344 g/mol. The lowest BCUT2D eigenvalue weighted by molar-refractivity contribution is -0.140. The molecule has 1 aromatic carbocycles. The number of halogens is 4. The maximum atomic E-state index is 13.4. The summed E-state index contributed by atoms with van der Waals surface area (Å²) in [6.45, 7) is -0.273. The van der Waals surface area contributed by atoms with Gasteiger partial charge in [0.2, 0.25) is 5.78 Å². The predicted octanol–water partition coefficient (Wildman–Crippen LogP) is 1.70. The van der Waals surface area contributed by atoms with Crippen LogP contribution in [0.1, 0.15) is 22.4 Å². The molecule has 0 aliphatic heterocycles. The summed E-state index contributed by atoms with van der Waals surface area (Å²) in [7, 11) is 0. The Labute approximate surface area is 137 Å². The Morgan fingerprint density at radius 3 is 2.72 bits per heavy atom. The van der Waals surface area contributed by atoms with Gasteiger partial charge < -0.3 is 10.1 Å². The third kappa shape index (κ3) is 3.25. The number of nitrogens with one attached hydrogen (secondary N) is 1. The lowest BCUT2D eigenvalue weighted by Gasteiger charge is -2.12. The summed E-state index contributed by atoms with van der Waals surface area (Å²) in [6.07, 6.45) is -3.78. The molecule has 0 unspecified atom stereocenters. The Morgan fingerprint density at radius 2 is 2.04 bits per heavy atom. The first-order chi connectivity index (χ1) is 11.8. The normalized spacial score (nSPS) is 12.0. The first-order valence-electron chi connectivity index (χ1n) is 7.21. The number of aliphatic hydroxyl groups excluding tert-OH is 1. The molecule has 0 fully saturated rings. The minimum Gasteiger partial charge on any atom is -0.396 e. The number of hydrogen-bond donors (Lipinski definition) is 2. The van der Waals surface area contributed by atoms with Gasteiger partial charge in [0.05, 0.1) is 5.56 Å². The molecule has 0 saturated carbocycles. The molecule has 3 aromatic rings. The Hall–Kier alpha value is -2.75. The maximum absolute atomic E-state index is 13.4. The van der Waals surface area contributed by atoms with Crippen molar-refractivity contribution in [1.82, 2.24) is 19.6 Å². The smallest absolute Gasteiger partial charge is 0.396 e. The van der Waals surface area contributed by atoms with E-state index in [1.807, 2.05) is 0 Å². The second-order valence-electron chi connectivity index (χ2n) is 5.35. The number of H-pyrrole nitrogens is 1. The van der Waals surface area contributed by atoms with Crippen LogP contribution >= 0.6 is 0 Å². The fourth-order valence-electron chi connectivity index (χ4n) is 2.55. The van der Waals surface area contributed by atoms with E-state index in [-0.39, 0.29) is 36.4 Å². The summed E-state index contributed by atoms with van der Waals surface area (Å²) in [4.78, 5) is 19.2. The first-order valence-corrected chi connectivity index (χ1v) is 7.21. The molecule has 132 valence electrons. The number of aromatic amines is 1. The highest BCUT2D eigenvalue weighted by molar-refractivity contribution is 5.36. The van der Waals surface area contributed by atoms with Crippen LogP contribution in [0.25, 0.3) is 5.78 Å². The highest BCUT2D eigenvalue weighted by Crippen LogP contribution is 2.32. The second-order valence-corrected chi connectivity index (χ2v) is 5.35. The molecule has 0 atom stereocenters. The summed E-state index contributed by atoms with van der Waals surface area (Å²) in [6, 6.07) is 2.56. The number of aliphatic hydroxyl groups is 1. The molecule has 25 heavy (non-hydrogen) atoms. The van der Waals surface area contributed by atoms with Gasteiger partial charge in [-0.3, -0.25) is 4.79 Å². The van der Waals surface area contributed by atoms with Crippen LogP contribution < -0.4 is 5.56 Å². The summed E-state index contributed by atoms with van der Waals surface area (Å²) in [5, 5.41) is 12.9. The quantitative estimate of drug-likeness (QED) is 0.697. The van der Waals surface area contributed by atoms with Gasteiger partial charge in [-0.1, -0.05) is 6.07 Å². The van der Waals surface area contributed by atoms with Crippen LogP contribution in [-0.4, -0.2) is 31.3 Å². The fourth-order valence-corrected chi connectivity index (χ4v) is 2.55. The summed E-state index contributed by atoms with van der Waals surface area (Å²) < 4.78 is 52.9. The monoisotopic (exact) mass is 356 g/mol. The van der Waals surface area contributed by atoms with E-state index in [0.717, 1.165) is 10.8 Å². The van der Waals surface area contributed by atoms with Crippen molar-refractivity contribution < 1.29 is 22.7 Å². The average molecular weight is 356 g/mol. The Kier molecular flexibility index (Phi) is 4.29. The number of alkyl halides is 3.